The molecule has 0 heterocycles. The fourth-order valence-corrected chi connectivity index (χ4v) is 4.70. The summed E-state index contributed by atoms with van der Waals surface area (Å²) in [4.78, 5) is 11.7. The highest BCUT2D eigenvalue weighted by Crippen LogP contribution is 2.30. The van der Waals surface area contributed by atoms with E-state index in [2.05, 4.69) is 88.7 Å². The van der Waals surface area contributed by atoms with Gasteiger partial charge in [-0.05, 0) is 64.2 Å². The molecular formula is C29H23BrO3S. The number of carboxylic acid groups (broad SMARTS) is 1. The Balaban J connectivity index is 1.53. The second-order valence-corrected chi connectivity index (χ2v) is 9.55. The zero-order chi connectivity index (χ0) is 23.8. The summed E-state index contributed by atoms with van der Waals surface area (Å²) in [6.07, 6.45) is 2.25. The molecule has 0 bridgehead atoms. The molecule has 170 valence electrons. The van der Waals surface area contributed by atoms with Gasteiger partial charge in [0.1, 0.15) is 5.75 Å². The van der Waals surface area contributed by atoms with E-state index in [1.165, 1.54) is 16.7 Å². The van der Waals surface area contributed by atoms with Gasteiger partial charge in [0.05, 0.1) is 0 Å². The molecule has 0 aromatic heterocycles. The van der Waals surface area contributed by atoms with E-state index in [0.717, 1.165) is 26.2 Å². The van der Waals surface area contributed by atoms with Crippen LogP contribution in [-0.4, -0.2) is 23.4 Å². The first kappa shape index (κ1) is 23.9. The lowest BCUT2D eigenvalue weighted by Crippen LogP contribution is -2.09. The van der Waals surface area contributed by atoms with Gasteiger partial charge in [-0.3, -0.25) is 0 Å². The van der Waals surface area contributed by atoms with E-state index in [4.69, 9.17) is 9.84 Å². The molecule has 0 saturated heterocycles. The van der Waals surface area contributed by atoms with Gasteiger partial charge < -0.3 is 9.84 Å². The Bertz CT molecular complexity index is 1270. The summed E-state index contributed by atoms with van der Waals surface area (Å²) in [6, 6.07) is 34.9. The molecule has 0 atom stereocenters. The van der Waals surface area contributed by atoms with Gasteiger partial charge in [-0.1, -0.05) is 88.7 Å². The van der Waals surface area contributed by atoms with Gasteiger partial charge in [0.2, 0.25) is 0 Å². The highest BCUT2D eigenvalue weighted by Gasteiger charge is 2.07. The van der Waals surface area contributed by atoms with E-state index in [9.17, 15) is 4.79 Å². The van der Waals surface area contributed by atoms with Gasteiger partial charge in [0, 0.05) is 15.1 Å². The molecule has 4 aromatic carbocycles. The van der Waals surface area contributed by atoms with Crippen LogP contribution < -0.4 is 4.74 Å². The molecule has 34 heavy (non-hydrogen) atoms. The Morgan fingerprint density at radius 1 is 0.824 bits per heavy atom. The quantitative estimate of drug-likeness (QED) is 0.224. The Hall–Kier alpha value is -3.28. The Kier molecular flexibility index (Phi) is 8.23. The summed E-state index contributed by atoms with van der Waals surface area (Å²) in [7, 11) is 0. The Morgan fingerprint density at radius 3 is 2.21 bits per heavy atom. The molecule has 0 spiro atoms. The van der Waals surface area contributed by atoms with Crippen molar-refractivity contribution in [3.63, 3.8) is 0 Å². The number of ether oxygens (including phenoxy) is 1. The fourth-order valence-electron chi connectivity index (χ4n) is 3.53. The van der Waals surface area contributed by atoms with Crippen molar-refractivity contribution in [3.8, 4) is 16.9 Å². The molecule has 3 nitrogen and oxygen atoms in total. The van der Waals surface area contributed by atoms with Crippen LogP contribution in [0.25, 0.3) is 16.7 Å². The lowest BCUT2D eigenvalue weighted by atomic mass is 9.95. The minimum absolute atomic E-state index is 0.339. The second-order valence-electron chi connectivity index (χ2n) is 7.54. The van der Waals surface area contributed by atoms with Crippen molar-refractivity contribution in [2.24, 2.45) is 0 Å². The number of thioether (sulfide) groups is 1. The van der Waals surface area contributed by atoms with Gasteiger partial charge in [-0.2, -0.15) is 0 Å². The molecule has 1 N–H and O–H groups in total. The highest BCUT2D eigenvalue weighted by atomic mass is 79.9. The lowest BCUT2D eigenvalue weighted by molar-refractivity contribution is -0.139. The number of benzene rings is 4. The van der Waals surface area contributed by atoms with Gasteiger partial charge in [-0.25, -0.2) is 4.79 Å². The lowest BCUT2D eigenvalue weighted by Gasteiger charge is -2.11. The van der Waals surface area contributed by atoms with Crippen LogP contribution >= 0.6 is 27.7 Å². The molecule has 0 unspecified atom stereocenters. The monoisotopic (exact) mass is 530 g/mol. The molecule has 4 aromatic rings. The first-order valence-corrected chi connectivity index (χ1v) is 12.6. The molecule has 0 fully saturated rings. The predicted octanol–water partition coefficient (Wildman–Crippen LogP) is 7.80. The van der Waals surface area contributed by atoms with Crippen LogP contribution in [0.4, 0.5) is 0 Å². The molecule has 0 aliphatic carbocycles. The van der Waals surface area contributed by atoms with Crippen LogP contribution in [0.1, 0.15) is 11.1 Å². The SMILES string of the molecule is O=C(O)COc1ccc(SC/C=C(\c2ccc(-c3ccccc3)cc2)c2cccc(Br)c2)cc1. The largest absolute Gasteiger partial charge is 0.482 e. The predicted molar refractivity (Wildman–Crippen MR) is 143 cm³/mol. The van der Waals surface area contributed by atoms with Crippen molar-refractivity contribution in [2.75, 3.05) is 12.4 Å². The van der Waals surface area contributed by atoms with E-state index in [0.29, 0.717) is 5.75 Å². The van der Waals surface area contributed by atoms with Crippen molar-refractivity contribution in [2.45, 2.75) is 4.90 Å². The molecule has 4 rings (SSSR count). The van der Waals surface area contributed by atoms with Gasteiger partial charge in [0.25, 0.3) is 0 Å². The molecule has 0 aliphatic heterocycles. The number of hydrogen-bond acceptors (Lipinski definition) is 3. The van der Waals surface area contributed by atoms with E-state index < -0.39 is 5.97 Å². The van der Waals surface area contributed by atoms with Gasteiger partial charge in [0.15, 0.2) is 6.61 Å². The zero-order valence-electron chi connectivity index (χ0n) is 18.4. The number of carboxylic acids is 1. The molecular weight excluding hydrogens is 508 g/mol. The minimum Gasteiger partial charge on any atom is -0.482 e. The fraction of sp³-hybridized carbons (Fsp3) is 0.0690. The summed E-state index contributed by atoms with van der Waals surface area (Å²) in [6.45, 7) is -0.339. The third-order valence-electron chi connectivity index (χ3n) is 5.16. The highest BCUT2D eigenvalue weighted by molar-refractivity contribution is 9.10. The maximum absolute atomic E-state index is 10.7. The van der Waals surface area contributed by atoms with Crippen molar-refractivity contribution in [1.82, 2.24) is 0 Å². The van der Waals surface area contributed by atoms with Crippen molar-refractivity contribution < 1.29 is 14.6 Å². The minimum atomic E-state index is -0.986. The third kappa shape index (κ3) is 6.62. The number of carbonyl (C=O) groups is 1. The summed E-state index contributed by atoms with van der Waals surface area (Å²) in [5.41, 5.74) is 5.89. The summed E-state index contributed by atoms with van der Waals surface area (Å²) < 4.78 is 6.25. The smallest absolute Gasteiger partial charge is 0.341 e. The number of aliphatic carboxylic acids is 1. The average molecular weight is 531 g/mol. The third-order valence-corrected chi connectivity index (χ3v) is 6.59. The van der Waals surface area contributed by atoms with Crippen LogP contribution in [0.15, 0.2) is 119 Å². The van der Waals surface area contributed by atoms with E-state index in [1.54, 1.807) is 23.9 Å². The summed E-state index contributed by atoms with van der Waals surface area (Å²) in [5, 5.41) is 8.74. The van der Waals surface area contributed by atoms with Crippen molar-refractivity contribution >= 4 is 39.2 Å². The Morgan fingerprint density at radius 2 is 1.53 bits per heavy atom. The number of rotatable bonds is 9. The first-order valence-electron chi connectivity index (χ1n) is 10.8. The number of hydrogen-bond donors (Lipinski definition) is 1. The van der Waals surface area contributed by atoms with Crippen LogP contribution in [0, 0.1) is 0 Å². The molecule has 0 amide bonds. The van der Waals surface area contributed by atoms with E-state index >= 15 is 0 Å². The number of halogens is 1. The van der Waals surface area contributed by atoms with Crippen LogP contribution in [0.3, 0.4) is 0 Å². The molecule has 0 radical (unpaired) electrons. The maximum atomic E-state index is 10.7. The Labute approximate surface area is 212 Å². The first-order chi connectivity index (χ1) is 16.6. The van der Waals surface area contributed by atoms with Crippen molar-refractivity contribution in [3.05, 3.63) is 125 Å². The van der Waals surface area contributed by atoms with Gasteiger partial charge >= 0.3 is 5.97 Å². The van der Waals surface area contributed by atoms with E-state index in [-0.39, 0.29) is 6.61 Å². The molecule has 5 heteroatoms. The normalized spacial score (nSPS) is 11.3. The van der Waals surface area contributed by atoms with Crippen LogP contribution in [0.2, 0.25) is 0 Å². The molecule has 0 aliphatic rings. The van der Waals surface area contributed by atoms with E-state index in [1.807, 2.05) is 24.3 Å². The summed E-state index contributed by atoms with van der Waals surface area (Å²) in [5.74, 6) is 0.355. The molecule has 0 saturated carbocycles. The maximum Gasteiger partial charge on any atom is 0.341 e. The van der Waals surface area contributed by atoms with Crippen LogP contribution in [-0.2, 0) is 4.79 Å². The second kappa shape index (κ2) is 11.7. The summed E-state index contributed by atoms with van der Waals surface area (Å²) >= 11 is 5.31. The van der Waals surface area contributed by atoms with Crippen LogP contribution in [0.5, 0.6) is 5.75 Å². The average Bonchev–Trinajstić information content (AvgIpc) is 2.87. The van der Waals surface area contributed by atoms with Crippen molar-refractivity contribution in [1.29, 1.82) is 0 Å². The zero-order valence-corrected chi connectivity index (χ0v) is 20.8. The standard InChI is InChI=1S/C29H23BrO3S/c30-25-8-4-7-24(19-25)28(23-11-9-22(10-12-23)21-5-2-1-3-6-21)17-18-34-27-15-13-26(14-16-27)33-20-29(31)32/h1-17,19H,18,20H2,(H,31,32)/b28-17+. The van der Waals surface area contributed by atoms with Gasteiger partial charge in [-0.15, -0.1) is 11.8 Å². The topological polar surface area (TPSA) is 46.5 Å².